The quantitative estimate of drug-likeness (QED) is 0.642. The Morgan fingerprint density at radius 1 is 1.00 bits per heavy atom. The van der Waals surface area contributed by atoms with Gasteiger partial charge < -0.3 is 9.84 Å². The van der Waals surface area contributed by atoms with Gasteiger partial charge in [0.25, 0.3) is 0 Å². The van der Waals surface area contributed by atoms with Gasteiger partial charge in [0.2, 0.25) is 0 Å². The molecular formula is C18H18O5S. The molecule has 0 heterocycles. The molecule has 0 bridgehead atoms. The maximum Gasteiger partial charge on any atom is 0.336 e. The molecule has 0 atom stereocenters. The van der Waals surface area contributed by atoms with Crippen LogP contribution in [-0.4, -0.2) is 39.5 Å². The minimum absolute atomic E-state index is 0.0920. The average Bonchev–Trinajstić information content (AvgIpc) is 2.54. The summed E-state index contributed by atoms with van der Waals surface area (Å²) in [4.78, 5) is 12.0. The summed E-state index contributed by atoms with van der Waals surface area (Å²) in [5.74, 6) is -1.07. The second-order valence-corrected chi connectivity index (χ2v) is 7.27. The third kappa shape index (κ3) is 4.10. The van der Waals surface area contributed by atoms with E-state index in [1.807, 2.05) is 0 Å². The van der Waals surface area contributed by atoms with Crippen molar-refractivity contribution in [1.82, 2.24) is 0 Å². The van der Waals surface area contributed by atoms with Crippen LogP contribution in [0.25, 0.3) is 11.1 Å². The van der Waals surface area contributed by atoms with Crippen molar-refractivity contribution >= 4 is 27.0 Å². The van der Waals surface area contributed by atoms with E-state index in [1.165, 1.54) is 19.2 Å². The molecule has 0 unspecified atom stereocenters. The Labute approximate surface area is 141 Å². The van der Waals surface area contributed by atoms with Gasteiger partial charge in [0.15, 0.2) is 9.84 Å². The first-order chi connectivity index (χ1) is 11.3. The Morgan fingerprint density at radius 2 is 1.58 bits per heavy atom. The predicted molar refractivity (Wildman–Crippen MR) is 92.3 cm³/mol. The number of carboxylic acid groups (broad SMARTS) is 1. The molecule has 0 fully saturated rings. The van der Waals surface area contributed by atoms with E-state index in [4.69, 9.17) is 4.74 Å². The molecule has 0 radical (unpaired) electrons. The zero-order valence-corrected chi connectivity index (χ0v) is 14.2. The SMILES string of the molecule is COC/C(=C(\C(=O)O)c1ccccc1)c1ccc(S(C)(=O)=O)cc1. The van der Waals surface area contributed by atoms with Crippen LogP contribution in [0, 0.1) is 0 Å². The molecule has 0 amide bonds. The summed E-state index contributed by atoms with van der Waals surface area (Å²) in [6.07, 6.45) is 1.13. The number of aliphatic carboxylic acids is 1. The van der Waals surface area contributed by atoms with Gasteiger partial charge in [0, 0.05) is 18.9 Å². The van der Waals surface area contributed by atoms with E-state index in [-0.39, 0.29) is 17.1 Å². The van der Waals surface area contributed by atoms with Crippen LogP contribution in [0.4, 0.5) is 0 Å². The lowest BCUT2D eigenvalue weighted by Crippen LogP contribution is -2.07. The molecule has 0 saturated heterocycles. The topological polar surface area (TPSA) is 80.7 Å². The maximum absolute atomic E-state index is 11.8. The fourth-order valence-corrected chi connectivity index (χ4v) is 3.01. The Bertz CT molecular complexity index is 850. The number of rotatable bonds is 6. The van der Waals surface area contributed by atoms with Crippen molar-refractivity contribution in [3.63, 3.8) is 0 Å². The van der Waals surface area contributed by atoms with E-state index >= 15 is 0 Å². The molecule has 1 N–H and O–H groups in total. The summed E-state index contributed by atoms with van der Waals surface area (Å²) in [6.45, 7) is 0.0920. The highest BCUT2D eigenvalue weighted by molar-refractivity contribution is 7.90. The first kappa shape index (κ1) is 17.9. The summed E-state index contributed by atoms with van der Waals surface area (Å²) in [6, 6.07) is 14.9. The maximum atomic E-state index is 11.8. The number of methoxy groups -OCH3 is 1. The molecule has 6 heteroatoms. The smallest absolute Gasteiger partial charge is 0.336 e. The highest BCUT2D eigenvalue weighted by Gasteiger charge is 2.18. The molecule has 2 aromatic carbocycles. The molecule has 24 heavy (non-hydrogen) atoms. The van der Waals surface area contributed by atoms with E-state index < -0.39 is 15.8 Å². The van der Waals surface area contributed by atoms with E-state index in [0.29, 0.717) is 16.7 Å². The van der Waals surface area contributed by atoms with Crippen LogP contribution in [0.3, 0.4) is 0 Å². The largest absolute Gasteiger partial charge is 0.478 e. The van der Waals surface area contributed by atoms with E-state index in [2.05, 4.69) is 0 Å². The predicted octanol–water partition coefficient (Wildman–Crippen LogP) is 2.73. The summed E-state index contributed by atoms with van der Waals surface area (Å²) in [7, 11) is -1.83. The number of benzene rings is 2. The van der Waals surface area contributed by atoms with E-state index in [9.17, 15) is 18.3 Å². The Hall–Kier alpha value is -2.44. The number of carbonyl (C=O) groups is 1. The molecule has 0 aliphatic heterocycles. The van der Waals surface area contributed by atoms with Crippen LogP contribution in [-0.2, 0) is 19.4 Å². The molecule has 0 spiro atoms. The number of ether oxygens (including phenoxy) is 1. The van der Waals surface area contributed by atoms with Gasteiger partial charge in [0.05, 0.1) is 17.1 Å². The highest BCUT2D eigenvalue weighted by Crippen LogP contribution is 2.28. The van der Waals surface area contributed by atoms with Crippen LogP contribution in [0.1, 0.15) is 11.1 Å². The zero-order chi connectivity index (χ0) is 17.7. The van der Waals surface area contributed by atoms with E-state index in [0.717, 1.165) is 6.26 Å². The number of hydrogen-bond donors (Lipinski definition) is 1. The molecule has 0 aromatic heterocycles. The lowest BCUT2D eigenvalue weighted by Gasteiger charge is -2.13. The lowest BCUT2D eigenvalue weighted by molar-refractivity contribution is -0.130. The fraction of sp³-hybridized carbons (Fsp3) is 0.167. The van der Waals surface area contributed by atoms with Crippen molar-refractivity contribution in [2.75, 3.05) is 20.0 Å². The molecule has 0 aliphatic rings. The van der Waals surface area contributed by atoms with Gasteiger partial charge in [-0.25, -0.2) is 13.2 Å². The average molecular weight is 346 g/mol. The summed E-state index contributed by atoms with van der Waals surface area (Å²) >= 11 is 0. The fourth-order valence-electron chi connectivity index (χ4n) is 2.38. The Balaban J connectivity index is 2.64. The third-order valence-electron chi connectivity index (χ3n) is 3.50. The van der Waals surface area contributed by atoms with Crippen LogP contribution in [0.5, 0.6) is 0 Å². The summed E-state index contributed by atoms with van der Waals surface area (Å²) < 4.78 is 28.3. The molecule has 2 aromatic rings. The van der Waals surface area contributed by atoms with Gasteiger partial charge in [-0.1, -0.05) is 42.5 Å². The van der Waals surface area contributed by atoms with E-state index in [1.54, 1.807) is 42.5 Å². The molecule has 126 valence electrons. The first-order valence-corrected chi connectivity index (χ1v) is 9.05. The molecular weight excluding hydrogens is 328 g/mol. The molecule has 0 saturated carbocycles. The van der Waals surface area contributed by atoms with Gasteiger partial charge in [-0.15, -0.1) is 0 Å². The van der Waals surface area contributed by atoms with Gasteiger partial charge in [-0.05, 0) is 23.3 Å². The minimum Gasteiger partial charge on any atom is -0.478 e. The van der Waals surface area contributed by atoms with Crippen molar-refractivity contribution in [3.05, 3.63) is 65.7 Å². The Kier molecular flexibility index (Phi) is 5.54. The molecule has 0 aliphatic carbocycles. The Morgan fingerprint density at radius 3 is 2.04 bits per heavy atom. The normalized spacial score (nSPS) is 12.6. The summed E-state index contributed by atoms with van der Waals surface area (Å²) in [5, 5.41) is 9.66. The van der Waals surface area contributed by atoms with Crippen molar-refractivity contribution in [1.29, 1.82) is 0 Å². The first-order valence-electron chi connectivity index (χ1n) is 7.16. The monoisotopic (exact) mass is 346 g/mol. The van der Waals surface area contributed by atoms with Crippen LogP contribution < -0.4 is 0 Å². The lowest BCUT2D eigenvalue weighted by atomic mass is 9.95. The van der Waals surface area contributed by atoms with Crippen molar-refractivity contribution in [2.24, 2.45) is 0 Å². The highest BCUT2D eigenvalue weighted by atomic mass is 32.2. The molecule has 5 nitrogen and oxygen atoms in total. The standard InChI is InChI=1S/C18H18O5S/c1-23-12-16(13-8-10-15(11-9-13)24(2,21)22)17(18(19)20)14-6-4-3-5-7-14/h3-11H,12H2,1-2H3,(H,19,20)/b17-16+. The van der Waals surface area contributed by atoms with Gasteiger partial charge >= 0.3 is 5.97 Å². The number of carboxylic acids is 1. The number of sulfone groups is 1. The van der Waals surface area contributed by atoms with Crippen molar-refractivity contribution in [3.8, 4) is 0 Å². The van der Waals surface area contributed by atoms with Gasteiger partial charge in [0.1, 0.15) is 0 Å². The summed E-state index contributed by atoms with van der Waals surface area (Å²) in [5.41, 5.74) is 1.77. The number of hydrogen-bond acceptors (Lipinski definition) is 4. The van der Waals surface area contributed by atoms with Gasteiger partial charge in [-0.3, -0.25) is 0 Å². The van der Waals surface area contributed by atoms with Gasteiger partial charge in [-0.2, -0.15) is 0 Å². The van der Waals surface area contributed by atoms with Crippen LogP contribution in [0.15, 0.2) is 59.5 Å². The minimum atomic E-state index is -3.31. The molecule has 2 rings (SSSR count). The van der Waals surface area contributed by atoms with Crippen molar-refractivity contribution < 1.29 is 23.1 Å². The third-order valence-corrected chi connectivity index (χ3v) is 4.63. The van der Waals surface area contributed by atoms with Crippen molar-refractivity contribution in [2.45, 2.75) is 4.90 Å². The van der Waals surface area contributed by atoms with Crippen LogP contribution >= 0.6 is 0 Å². The second kappa shape index (κ2) is 7.42. The second-order valence-electron chi connectivity index (χ2n) is 5.25. The zero-order valence-electron chi connectivity index (χ0n) is 13.4. The van der Waals surface area contributed by atoms with Crippen LogP contribution in [0.2, 0.25) is 0 Å².